The highest BCUT2D eigenvalue weighted by atomic mass is 15.0. The van der Waals surface area contributed by atoms with Crippen LogP contribution in [0.1, 0.15) is 58.2 Å². The molecule has 0 aliphatic carbocycles. The fraction of sp³-hybridized carbons (Fsp3) is 0.400. The number of hydrogen-bond acceptors (Lipinski definition) is 0. The van der Waals surface area contributed by atoms with Gasteiger partial charge in [0.1, 0.15) is 0 Å². The first-order chi connectivity index (χ1) is 12.2. The van der Waals surface area contributed by atoms with E-state index in [0.29, 0.717) is 0 Å². The van der Waals surface area contributed by atoms with Crippen LogP contribution in [0.3, 0.4) is 0 Å². The second-order valence-electron chi connectivity index (χ2n) is 9.70. The molecular formula is C25H30N+. The largest absolute Gasteiger partial charge is 0.216 e. The number of hydrogen-bond donors (Lipinski definition) is 0. The molecule has 0 saturated heterocycles. The molecular weight excluding hydrogens is 314 g/mol. The number of para-hydroxylation sites is 1. The first kappa shape index (κ1) is 17.3. The van der Waals surface area contributed by atoms with E-state index in [1.165, 1.54) is 38.9 Å². The van der Waals surface area contributed by atoms with Crippen molar-refractivity contribution >= 4 is 10.9 Å². The van der Waals surface area contributed by atoms with Gasteiger partial charge in [0.15, 0.2) is 6.54 Å². The van der Waals surface area contributed by atoms with E-state index < -0.39 is 0 Å². The van der Waals surface area contributed by atoms with E-state index >= 15 is 0 Å². The molecule has 0 N–H and O–H groups in total. The van der Waals surface area contributed by atoms with E-state index in [0.717, 1.165) is 13.0 Å². The SMILES string of the molecule is CC(C)(C)c1cccc(C(C)(C)C)c1-c1ccc2cccc3c2[n+]1CC3. The average Bonchev–Trinajstić information content (AvgIpc) is 2.99. The molecule has 0 radical (unpaired) electrons. The summed E-state index contributed by atoms with van der Waals surface area (Å²) in [4.78, 5) is 0. The van der Waals surface area contributed by atoms with Gasteiger partial charge in [0, 0.05) is 23.4 Å². The van der Waals surface area contributed by atoms with E-state index in [-0.39, 0.29) is 10.8 Å². The summed E-state index contributed by atoms with van der Waals surface area (Å²) >= 11 is 0. The first-order valence-corrected chi connectivity index (χ1v) is 9.77. The third-order valence-electron chi connectivity index (χ3n) is 5.67. The lowest BCUT2D eigenvalue weighted by Gasteiger charge is -2.29. The molecule has 0 fully saturated rings. The zero-order valence-corrected chi connectivity index (χ0v) is 17.0. The highest BCUT2D eigenvalue weighted by Gasteiger charge is 2.33. The van der Waals surface area contributed by atoms with E-state index in [1.807, 2.05) is 0 Å². The second kappa shape index (κ2) is 5.67. The van der Waals surface area contributed by atoms with Crippen LogP contribution in [0.4, 0.5) is 0 Å². The Morgan fingerprint density at radius 3 is 1.96 bits per heavy atom. The standard InChI is InChI=1S/C25H30N/c1-24(2,3)19-11-8-12-20(25(4,5)6)22(19)21-14-13-17-9-7-10-18-15-16-26(21)23(17)18/h7-14H,15-16H2,1-6H3/q+1. The number of nitrogens with zero attached hydrogens (tertiary/aromatic N) is 1. The van der Waals surface area contributed by atoms with Gasteiger partial charge in [-0.1, -0.05) is 71.9 Å². The van der Waals surface area contributed by atoms with Gasteiger partial charge in [-0.25, -0.2) is 0 Å². The Morgan fingerprint density at radius 2 is 1.35 bits per heavy atom. The minimum atomic E-state index is 0.108. The van der Waals surface area contributed by atoms with Crippen LogP contribution in [0.5, 0.6) is 0 Å². The molecule has 0 unspecified atom stereocenters. The summed E-state index contributed by atoms with van der Waals surface area (Å²) in [5.41, 5.74) is 8.82. The molecule has 1 aromatic heterocycles. The highest BCUT2D eigenvalue weighted by molar-refractivity contribution is 5.82. The van der Waals surface area contributed by atoms with Crippen LogP contribution >= 0.6 is 0 Å². The van der Waals surface area contributed by atoms with Gasteiger partial charge >= 0.3 is 0 Å². The van der Waals surface area contributed by atoms with Gasteiger partial charge in [-0.2, -0.15) is 4.57 Å². The summed E-state index contributed by atoms with van der Waals surface area (Å²) < 4.78 is 2.56. The van der Waals surface area contributed by atoms with Crippen molar-refractivity contribution in [2.45, 2.75) is 65.3 Å². The maximum Gasteiger partial charge on any atom is 0.216 e. The number of benzene rings is 2. The number of aromatic nitrogens is 1. The van der Waals surface area contributed by atoms with Crippen LogP contribution < -0.4 is 4.57 Å². The Hall–Kier alpha value is -2.15. The number of aryl methyl sites for hydroxylation is 2. The Kier molecular flexibility index (Phi) is 3.77. The third kappa shape index (κ3) is 2.65. The van der Waals surface area contributed by atoms with Gasteiger partial charge in [0.05, 0.1) is 5.56 Å². The number of pyridine rings is 1. The minimum Gasteiger partial charge on any atom is -0.191 e. The maximum absolute atomic E-state index is 2.56. The van der Waals surface area contributed by atoms with E-state index in [1.54, 1.807) is 0 Å². The van der Waals surface area contributed by atoms with Gasteiger partial charge in [-0.05, 0) is 34.1 Å². The minimum absolute atomic E-state index is 0.108. The smallest absolute Gasteiger partial charge is 0.191 e. The molecule has 0 spiro atoms. The van der Waals surface area contributed by atoms with Crippen LogP contribution in [0.2, 0.25) is 0 Å². The Balaban J connectivity index is 2.11. The lowest BCUT2D eigenvalue weighted by atomic mass is 9.75. The van der Waals surface area contributed by atoms with E-state index in [2.05, 4.69) is 94.6 Å². The van der Waals surface area contributed by atoms with Crippen LogP contribution in [0.15, 0.2) is 48.5 Å². The first-order valence-electron chi connectivity index (χ1n) is 9.77. The fourth-order valence-electron chi connectivity index (χ4n) is 4.42. The Bertz CT molecular complexity index is 965. The Labute approximate surface area is 157 Å². The lowest BCUT2D eigenvalue weighted by Crippen LogP contribution is -2.35. The molecule has 2 heterocycles. The molecule has 2 aromatic carbocycles. The van der Waals surface area contributed by atoms with Crippen molar-refractivity contribution in [1.82, 2.24) is 0 Å². The van der Waals surface area contributed by atoms with Crippen LogP contribution in [-0.4, -0.2) is 0 Å². The molecule has 0 atom stereocenters. The summed E-state index contributed by atoms with van der Waals surface area (Å²) in [6, 6.07) is 18.3. The summed E-state index contributed by atoms with van der Waals surface area (Å²) in [5, 5.41) is 1.36. The number of rotatable bonds is 1. The van der Waals surface area contributed by atoms with Crippen molar-refractivity contribution in [3.8, 4) is 11.3 Å². The lowest BCUT2D eigenvalue weighted by molar-refractivity contribution is -0.653. The maximum atomic E-state index is 2.56. The van der Waals surface area contributed by atoms with Gasteiger partial charge in [-0.3, -0.25) is 0 Å². The van der Waals surface area contributed by atoms with Crippen LogP contribution in [0.25, 0.3) is 22.2 Å². The molecule has 1 nitrogen and oxygen atoms in total. The average molecular weight is 345 g/mol. The second-order valence-corrected chi connectivity index (χ2v) is 9.70. The molecule has 3 aromatic rings. The zero-order chi connectivity index (χ0) is 18.7. The summed E-state index contributed by atoms with van der Waals surface area (Å²) in [6.07, 6.45) is 1.14. The molecule has 1 heteroatoms. The molecule has 1 aliphatic rings. The Morgan fingerprint density at radius 1 is 0.731 bits per heavy atom. The van der Waals surface area contributed by atoms with E-state index in [4.69, 9.17) is 0 Å². The zero-order valence-electron chi connectivity index (χ0n) is 17.0. The van der Waals surface area contributed by atoms with Gasteiger partial charge < -0.3 is 0 Å². The molecule has 0 saturated carbocycles. The fourth-order valence-corrected chi connectivity index (χ4v) is 4.42. The predicted molar refractivity (Wildman–Crippen MR) is 111 cm³/mol. The molecule has 0 bridgehead atoms. The summed E-state index contributed by atoms with van der Waals surface area (Å²) in [5.74, 6) is 0. The van der Waals surface area contributed by atoms with Crippen molar-refractivity contribution < 1.29 is 4.57 Å². The van der Waals surface area contributed by atoms with Crippen LogP contribution in [0, 0.1) is 0 Å². The topological polar surface area (TPSA) is 3.88 Å². The third-order valence-corrected chi connectivity index (χ3v) is 5.67. The van der Waals surface area contributed by atoms with Gasteiger partial charge in [0.2, 0.25) is 11.2 Å². The predicted octanol–water partition coefficient (Wildman–Crippen LogP) is 5.95. The molecule has 1 aliphatic heterocycles. The molecule has 26 heavy (non-hydrogen) atoms. The normalized spacial score (nSPS) is 14.2. The van der Waals surface area contributed by atoms with Crippen molar-refractivity contribution in [2.24, 2.45) is 0 Å². The molecule has 0 amide bonds. The van der Waals surface area contributed by atoms with Crippen LogP contribution in [-0.2, 0) is 23.8 Å². The van der Waals surface area contributed by atoms with Gasteiger partial charge in [-0.15, -0.1) is 0 Å². The van der Waals surface area contributed by atoms with Crippen molar-refractivity contribution in [1.29, 1.82) is 0 Å². The quantitative estimate of drug-likeness (QED) is 0.481. The summed E-state index contributed by atoms with van der Waals surface area (Å²) in [6.45, 7) is 15.0. The van der Waals surface area contributed by atoms with Crippen molar-refractivity contribution in [3.63, 3.8) is 0 Å². The molecule has 134 valence electrons. The van der Waals surface area contributed by atoms with Gasteiger partial charge in [0.25, 0.3) is 0 Å². The van der Waals surface area contributed by atoms with Crippen molar-refractivity contribution in [3.05, 3.63) is 65.2 Å². The van der Waals surface area contributed by atoms with Crippen molar-refractivity contribution in [2.75, 3.05) is 0 Å². The monoisotopic (exact) mass is 344 g/mol. The molecule has 4 rings (SSSR count). The highest BCUT2D eigenvalue weighted by Crippen LogP contribution is 2.40. The van der Waals surface area contributed by atoms with E-state index in [9.17, 15) is 0 Å². The summed E-state index contributed by atoms with van der Waals surface area (Å²) in [7, 11) is 0.